The lowest BCUT2D eigenvalue weighted by Gasteiger charge is -2.47. The zero-order valence-corrected chi connectivity index (χ0v) is 11.6. The van der Waals surface area contributed by atoms with Crippen LogP contribution in [0.15, 0.2) is 12.7 Å². The third-order valence-electron chi connectivity index (χ3n) is 3.99. The second kappa shape index (κ2) is 4.91. The molecule has 0 aromatic carbocycles. The Morgan fingerprint density at radius 1 is 1.25 bits per heavy atom. The van der Waals surface area contributed by atoms with Crippen molar-refractivity contribution in [3.8, 4) is 0 Å². The number of nitrogens with two attached hydrogens (primary N) is 1. The number of hydrogen-bond donors (Lipinski definition) is 1. The van der Waals surface area contributed by atoms with Gasteiger partial charge < -0.3 is 5.73 Å². The molecule has 0 bridgehead atoms. The molecule has 1 heteroatoms. The van der Waals surface area contributed by atoms with Crippen molar-refractivity contribution < 1.29 is 0 Å². The monoisotopic (exact) mass is 223 g/mol. The fourth-order valence-electron chi connectivity index (χ4n) is 3.97. The van der Waals surface area contributed by atoms with Crippen LogP contribution < -0.4 is 5.73 Å². The highest BCUT2D eigenvalue weighted by atomic mass is 14.5. The van der Waals surface area contributed by atoms with Crippen LogP contribution in [0.5, 0.6) is 0 Å². The molecule has 0 heterocycles. The first-order valence-electron chi connectivity index (χ1n) is 6.62. The average Bonchev–Trinajstić information content (AvgIpc) is 2.08. The average molecular weight is 223 g/mol. The van der Waals surface area contributed by atoms with E-state index in [0.29, 0.717) is 16.7 Å². The summed E-state index contributed by atoms with van der Waals surface area (Å²) in [6.45, 7) is 14.4. The van der Waals surface area contributed by atoms with Gasteiger partial charge in [0, 0.05) is 0 Å². The van der Waals surface area contributed by atoms with E-state index >= 15 is 0 Å². The van der Waals surface area contributed by atoms with Crippen LogP contribution in [-0.4, -0.2) is 6.54 Å². The Balaban J connectivity index is 2.76. The lowest BCUT2D eigenvalue weighted by atomic mass is 9.59. The molecule has 0 aliphatic heterocycles. The topological polar surface area (TPSA) is 26.0 Å². The van der Waals surface area contributed by atoms with Gasteiger partial charge in [-0.3, -0.25) is 0 Å². The van der Waals surface area contributed by atoms with E-state index in [1.54, 1.807) is 0 Å². The van der Waals surface area contributed by atoms with Crippen molar-refractivity contribution >= 4 is 0 Å². The highest BCUT2D eigenvalue weighted by Crippen LogP contribution is 2.50. The van der Waals surface area contributed by atoms with Gasteiger partial charge in [-0.25, -0.2) is 0 Å². The molecule has 0 aromatic rings. The first kappa shape index (κ1) is 13.8. The van der Waals surface area contributed by atoms with Gasteiger partial charge in [0.15, 0.2) is 0 Å². The molecule has 1 aliphatic carbocycles. The maximum Gasteiger partial charge on any atom is -0.00716 e. The summed E-state index contributed by atoms with van der Waals surface area (Å²) in [5, 5.41) is 0. The van der Waals surface area contributed by atoms with Gasteiger partial charge >= 0.3 is 0 Å². The second-order valence-corrected chi connectivity index (χ2v) is 7.15. The van der Waals surface area contributed by atoms with Crippen LogP contribution in [0.2, 0.25) is 0 Å². The summed E-state index contributed by atoms with van der Waals surface area (Å²) in [7, 11) is 0. The summed E-state index contributed by atoms with van der Waals surface area (Å²) in [6.07, 6.45) is 7.22. The van der Waals surface area contributed by atoms with E-state index in [1.165, 1.54) is 19.3 Å². The molecule has 1 unspecified atom stereocenters. The summed E-state index contributed by atoms with van der Waals surface area (Å²) in [6, 6.07) is 0. The molecule has 1 aliphatic rings. The summed E-state index contributed by atoms with van der Waals surface area (Å²) in [4.78, 5) is 0. The van der Waals surface area contributed by atoms with Gasteiger partial charge in [-0.1, -0.05) is 33.8 Å². The molecule has 1 atom stereocenters. The molecule has 0 aromatic heterocycles. The highest BCUT2D eigenvalue weighted by Gasteiger charge is 2.40. The molecule has 16 heavy (non-hydrogen) atoms. The molecule has 0 amide bonds. The van der Waals surface area contributed by atoms with E-state index in [4.69, 9.17) is 5.73 Å². The largest absolute Gasteiger partial charge is 0.330 e. The number of rotatable bonds is 4. The summed E-state index contributed by atoms with van der Waals surface area (Å²) >= 11 is 0. The van der Waals surface area contributed by atoms with Crippen LogP contribution in [0.4, 0.5) is 0 Å². The lowest BCUT2D eigenvalue weighted by molar-refractivity contribution is 0.0481. The Bertz CT molecular complexity index is 224. The van der Waals surface area contributed by atoms with Gasteiger partial charge in [0.25, 0.3) is 0 Å². The van der Waals surface area contributed by atoms with Gasteiger partial charge in [0.2, 0.25) is 0 Å². The van der Waals surface area contributed by atoms with Crippen LogP contribution in [-0.2, 0) is 0 Å². The van der Waals surface area contributed by atoms with Crippen molar-refractivity contribution in [2.75, 3.05) is 6.54 Å². The Morgan fingerprint density at radius 3 is 2.12 bits per heavy atom. The Hall–Kier alpha value is -0.300. The molecule has 0 radical (unpaired) electrons. The van der Waals surface area contributed by atoms with Crippen LogP contribution in [0, 0.1) is 22.7 Å². The van der Waals surface area contributed by atoms with Gasteiger partial charge in [-0.05, 0) is 54.9 Å². The van der Waals surface area contributed by atoms with Crippen LogP contribution in [0.1, 0.15) is 53.4 Å². The van der Waals surface area contributed by atoms with E-state index < -0.39 is 0 Å². The fourth-order valence-corrected chi connectivity index (χ4v) is 3.97. The van der Waals surface area contributed by atoms with Crippen LogP contribution in [0.25, 0.3) is 0 Å². The Kier molecular flexibility index (Phi) is 4.23. The molecule has 94 valence electrons. The zero-order valence-electron chi connectivity index (χ0n) is 11.6. The van der Waals surface area contributed by atoms with Gasteiger partial charge in [0.05, 0.1) is 0 Å². The second-order valence-electron chi connectivity index (χ2n) is 7.15. The predicted octanol–water partition coefficient (Wildman–Crippen LogP) is 3.99. The molecular formula is C15H29N. The predicted molar refractivity (Wildman–Crippen MR) is 72.3 cm³/mol. The molecular weight excluding hydrogens is 194 g/mol. The minimum atomic E-state index is 0.474. The molecule has 1 saturated carbocycles. The summed E-state index contributed by atoms with van der Waals surface area (Å²) < 4.78 is 0. The first-order valence-corrected chi connectivity index (χ1v) is 6.62. The number of allylic oxidation sites excluding steroid dienone is 1. The smallest absolute Gasteiger partial charge is 0.00716 e. The number of hydrogen-bond acceptors (Lipinski definition) is 1. The van der Waals surface area contributed by atoms with Gasteiger partial charge in [0.1, 0.15) is 0 Å². The SMILES string of the molecule is C=CC(CCN)C1CC(C)(C)CC(C)(C)C1. The van der Waals surface area contributed by atoms with Crippen LogP contribution >= 0.6 is 0 Å². The Morgan fingerprint density at radius 2 is 1.75 bits per heavy atom. The maximum absolute atomic E-state index is 5.70. The van der Waals surface area contributed by atoms with Crippen molar-refractivity contribution in [3.05, 3.63) is 12.7 Å². The third-order valence-corrected chi connectivity index (χ3v) is 3.99. The minimum absolute atomic E-state index is 0.474. The third kappa shape index (κ3) is 3.62. The van der Waals surface area contributed by atoms with Crippen molar-refractivity contribution in [1.82, 2.24) is 0 Å². The molecule has 2 N–H and O–H groups in total. The summed E-state index contributed by atoms with van der Waals surface area (Å²) in [5.74, 6) is 1.39. The molecule has 1 nitrogen and oxygen atoms in total. The highest BCUT2D eigenvalue weighted by molar-refractivity contribution is 4.95. The maximum atomic E-state index is 5.70. The van der Waals surface area contributed by atoms with E-state index in [1.807, 2.05) is 0 Å². The van der Waals surface area contributed by atoms with Gasteiger partial charge in [-0.2, -0.15) is 0 Å². The lowest BCUT2D eigenvalue weighted by Crippen LogP contribution is -2.36. The van der Waals surface area contributed by atoms with E-state index in [0.717, 1.165) is 18.9 Å². The van der Waals surface area contributed by atoms with Gasteiger partial charge in [-0.15, -0.1) is 6.58 Å². The van der Waals surface area contributed by atoms with Crippen molar-refractivity contribution in [1.29, 1.82) is 0 Å². The van der Waals surface area contributed by atoms with Crippen molar-refractivity contribution in [2.24, 2.45) is 28.4 Å². The molecule has 0 spiro atoms. The standard InChI is InChI=1S/C15H29N/c1-6-12(7-8-16)13-9-14(2,3)11-15(4,5)10-13/h6,12-13H,1,7-11,16H2,2-5H3. The molecule has 1 rings (SSSR count). The quantitative estimate of drug-likeness (QED) is 0.717. The van der Waals surface area contributed by atoms with E-state index in [9.17, 15) is 0 Å². The normalized spacial score (nSPS) is 26.3. The zero-order chi connectivity index (χ0) is 12.4. The fraction of sp³-hybridized carbons (Fsp3) is 0.867. The first-order chi connectivity index (χ1) is 7.29. The van der Waals surface area contributed by atoms with E-state index in [-0.39, 0.29) is 0 Å². The van der Waals surface area contributed by atoms with Crippen molar-refractivity contribution in [2.45, 2.75) is 53.4 Å². The Labute approximate surface area is 101 Å². The van der Waals surface area contributed by atoms with Crippen LogP contribution in [0.3, 0.4) is 0 Å². The van der Waals surface area contributed by atoms with Crippen molar-refractivity contribution in [3.63, 3.8) is 0 Å². The summed E-state index contributed by atoms with van der Waals surface area (Å²) in [5.41, 5.74) is 6.65. The molecule has 1 fully saturated rings. The molecule has 0 saturated heterocycles. The van der Waals surface area contributed by atoms with E-state index in [2.05, 4.69) is 40.3 Å². The minimum Gasteiger partial charge on any atom is -0.330 e.